The van der Waals surface area contributed by atoms with Gasteiger partial charge in [0.2, 0.25) is 0 Å². The Morgan fingerprint density at radius 3 is 2.95 bits per heavy atom. The van der Waals surface area contributed by atoms with Gasteiger partial charge in [-0.3, -0.25) is 0 Å². The second kappa shape index (κ2) is 5.59. The minimum atomic E-state index is -0.423. The van der Waals surface area contributed by atoms with E-state index in [-0.39, 0.29) is 6.10 Å². The summed E-state index contributed by atoms with van der Waals surface area (Å²) in [6.45, 7) is 3.91. The molecule has 2 rings (SSSR count). The van der Waals surface area contributed by atoms with Crippen molar-refractivity contribution in [2.75, 3.05) is 13.7 Å². The SMILES string of the molecule is CCOC(=O)c1cnn2ccc(Cl)c2c1[C@H](C)OC. The van der Waals surface area contributed by atoms with Crippen molar-refractivity contribution in [3.63, 3.8) is 0 Å². The van der Waals surface area contributed by atoms with Crippen LogP contribution in [0, 0.1) is 0 Å². The van der Waals surface area contributed by atoms with Crippen LogP contribution in [0.1, 0.15) is 35.9 Å². The molecule has 0 fully saturated rings. The average molecular weight is 283 g/mol. The molecule has 102 valence electrons. The van der Waals surface area contributed by atoms with Crippen molar-refractivity contribution in [1.29, 1.82) is 0 Å². The van der Waals surface area contributed by atoms with E-state index in [1.807, 2.05) is 6.92 Å². The summed E-state index contributed by atoms with van der Waals surface area (Å²) < 4.78 is 12.0. The number of carbonyl (C=O) groups excluding carboxylic acids is 1. The first kappa shape index (κ1) is 13.8. The molecule has 6 heteroatoms. The lowest BCUT2D eigenvalue weighted by Crippen LogP contribution is -2.13. The first-order valence-electron chi connectivity index (χ1n) is 5.95. The first-order chi connectivity index (χ1) is 9.10. The number of rotatable bonds is 4. The van der Waals surface area contributed by atoms with E-state index in [0.29, 0.717) is 28.3 Å². The molecule has 2 aromatic rings. The van der Waals surface area contributed by atoms with E-state index in [1.165, 1.54) is 6.20 Å². The van der Waals surface area contributed by atoms with Crippen molar-refractivity contribution in [2.24, 2.45) is 0 Å². The fourth-order valence-electron chi connectivity index (χ4n) is 1.97. The van der Waals surface area contributed by atoms with Gasteiger partial charge < -0.3 is 9.47 Å². The zero-order valence-electron chi connectivity index (χ0n) is 11.0. The molecule has 0 aliphatic rings. The Bertz CT molecular complexity index is 609. The second-order valence-electron chi connectivity index (χ2n) is 4.03. The first-order valence-corrected chi connectivity index (χ1v) is 6.33. The molecule has 0 aromatic carbocycles. The lowest BCUT2D eigenvalue weighted by atomic mass is 10.1. The van der Waals surface area contributed by atoms with Crippen LogP contribution in [0.25, 0.3) is 5.52 Å². The van der Waals surface area contributed by atoms with Crippen LogP contribution in [-0.2, 0) is 9.47 Å². The second-order valence-corrected chi connectivity index (χ2v) is 4.43. The maximum absolute atomic E-state index is 12.0. The van der Waals surface area contributed by atoms with Crippen LogP contribution in [0.4, 0.5) is 0 Å². The highest BCUT2D eigenvalue weighted by atomic mass is 35.5. The number of nitrogens with zero attached hydrogens (tertiary/aromatic N) is 2. The van der Waals surface area contributed by atoms with Crippen molar-refractivity contribution in [3.8, 4) is 0 Å². The lowest BCUT2D eigenvalue weighted by molar-refractivity contribution is 0.0515. The van der Waals surface area contributed by atoms with E-state index in [1.54, 1.807) is 30.8 Å². The number of ether oxygens (including phenoxy) is 2. The molecule has 1 atom stereocenters. The van der Waals surface area contributed by atoms with Gasteiger partial charge in [0, 0.05) is 18.9 Å². The van der Waals surface area contributed by atoms with E-state index in [9.17, 15) is 4.79 Å². The average Bonchev–Trinajstić information content (AvgIpc) is 2.79. The number of fused-ring (bicyclic) bond motifs is 1. The quantitative estimate of drug-likeness (QED) is 0.809. The maximum Gasteiger partial charge on any atom is 0.340 e. The molecule has 0 bridgehead atoms. The minimum Gasteiger partial charge on any atom is -0.462 e. The Hall–Kier alpha value is -1.59. The van der Waals surface area contributed by atoms with Gasteiger partial charge in [-0.2, -0.15) is 5.10 Å². The third-order valence-electron chi connectivity index (χ3n) is 2.93. The highest BCUT2D eigenvalue weighted by Gasteiger charge is 2.22. The Balaban J connectivity index is 2.69. The van der Waals surface area contributed by atoms with Gasteiger partial charge in [0.15, 0.2) is 0 Å². The van der Waals surface area contributed by atoms with Gasteiger partial charge in [-0.25, -0.2) is 9.31 Å². The molecular formula is C13H15ClN2O3. The molecule has 0 spiro atoms. The van der Waals surface area contributed by atoms with Crippen LogP contribution >= 0.6 is 11.6 Å². The van der Waals surface area contributed by atoms with E-state index >= 15 is 0 Å². The number of esters is 1. The number of hydrogen-bond acceptors (Lipinski definition) is 4. The number of aromatic nitrogens is 2. The van der Waals surface area contributed by atoms with Crippen LogP contribution in [0.3, 0.4) is 0 Å². The van der Waals surface area contributed by atoms with Crippen molar-refractivity contribution < 1.29 is 14.3 Å². The van der Waals surface area contributed by atoms with Gasteiger partial charge in [-0.15, -0.1) is 0 Å². The Morgan fingerprint density at radius 1 is 1.58 bits per heavy atom. The van der Waals surface area contributed by atoms with Gasteiger partial charge in [0.1, 0.15) is 0 Å². The Labute approximate surface area is 116 Å². The molecule has 0 saturated carbocycles. The molecule has 2 heterocycles. The summed E-state index contributed by atoms with van der Waals surface area (Å²) in [7, 11) is 1.58. The summed E-state index contributed by atoms with van der Waals surface area (Å²) in [5, 5.41) is 4.68. The summed E-state index contributed by atoms with van der Waals surface area (Å²) in [6, 6.07) is 1.73. The van der Waals surface area contributed by atoms with Crippen molar-refractivity contribution >= 4 is 23.1 Å². The summed E-state index contributed by atoms with van der Waals surface area (Å²) in [5.74, 6) is -0.423. The monoisotopic (exact) mass is 282 g/mol. The highest BCUT2D eigenvalue weighted by Crippen LogP contribution is 2.30. The van der Waals surface area contributed by atoms with E-state index in [0.717, 1.165) is 0 Å². The van der Waals surface area contributed by atoms with Gasteiger partial charge in [0.05, 0.1) is 35.0 Å². The van der Waals surface area contributed by atoms with E-state index in [2.05, 4.69) is 5.10 Å². The molecule has 0 N–H and O–H groups in total. The van der Waals surface area contributed by atoms with Crippen molar-refractivity contribution in [3.05, 3.63) is 34.6 Å². The molecule has 2 aromatic heterocycles. The van der Waals surface area contributed by atoms with Crippen LogP contribution < -0.4 is 0 Å². The largest absolute Gasteiger partial charge is 0.462 e. The Kier molecular flexibility index (Phi) is 4.07. The molecule has 0 saturated heterocycles. The molecule has 0 aliphatic heterocycles. The standard InChI is InChI=1S/C13H15ClN2O3/c1-4-19-13(17)9-7-15-16-6-5-10(14)12(16)11(9)8(2)18-3/h5-8H,4H2,1-3H3/t8-/m0/s1. The van der Waals surface area contributed by atoms with Crippen LogP contribution in [0.15, 0.2) is 18.5 Å². The fraction of sp³-hybridized carbons (Fsp3) is 0.385. The summed E-state index contributed by atoms with van der Waals surface area (Å²) in [6.07, 6.45) is 2.92. The van der Waals surface area contributed by atoms with Gasteiger partial charge in [-0.05, 0) is 19.9 Å². The van der Waals surface area contributed by atoms with Gasteiger partial charge in [0.25, 0.3) is 0 Å². The summed E-state index contributed by atoms with van der Waals surface area (Å²) in [4.78, 5) is 12.0. The van der Waals surface area contributed by atoms with Crippen molar-refractivity contribution in [2.45, 2.75) is 20.0 Å². The zero-order valence-corrected chi connectivity index (χ0v) is 11.8. The van der Waals surface area contributed by atoms with E-state index in [4.69, 9.17) is 21.1 Å². The number of methoxy groups -OCH3 is 1. The Morgan fingerprint density at radius 2 is 2.32 bits per heavy atom. The number of carbonyl (C=O) groups is 1. The third-order valence-corrected chi connectivity index (χ3v) is 3.23. The smallest absolute Gasteiger partial charge is 0.340 e. The molecule has 0 amide bonds. The fourth-order valence-corrected chi connectivity index (χ4v) is 2.21. The molecule has 0 radical (unpaired) electrons. The number of hydrogen-bond donors (Lipinski definition) is 0. The van der Waals surface area contributed by atoms with Gasteiger partial charge in [-0.1, -0.05) is 11.6 Å². The number of halogens is 1. The van der Waals surface area contributed by atoms with Gasteiger partial charge >= 0.3 is 5.97 Å². The maximum atomic E-state index is 12.0. The summed E-state index contributed by atoms with van der Waals surface area (Å²) >= 11 is 6.16. The van der Waals surface area contributed by atoms with Crippen LogP contribution in [0.5, 0.6) is 0 Å². The topological polar surface area (TPSA) is 52.8 Å². The predicted octanol–water partition coefficient (Wildman–Crippen LogP) is 2.87. The summed E-state index contributed by atoms with van der Waals surface area (Å²) in [5.41, 5.74) is 1.73. The normalized spacial score (nSPS) is 12.6. The zero-order chi connectivity index (χ0) is 14.0. The molecule has 5 nitrogen and oxygen atoms in total. The molecule has 19 heavy (non-hydrogen) atoms. The van der Waals surface area contributed by atoms with Crippen molar-refractivity contribution in [1.82, 2.24) is 9.61 Å². The molecule has 0 aliphatic carbocycles. The van der Waals surface area contributed by atoms with Crippen LogP contribution in [-0.4, -0.2) is 29.3 Å². The molecule has 0 unspecified atom stereocenters. The third kappa shape index (κ3) is 2.43. The van der Waals surface area contributed by atoms with Crippen LogP contribution in [0.2, 0.25) is 5.02 Å². The van der Waals surface area contributed by atoms with E-state index < -0.39 is 5.97 Å². The molecular weight excluding hydrogens is 268 g/mol. The minimum absolute atomic E-state index is 0.294. The highest BCUT2D eigenvalue weighted by molar-refractivity contribution is 6.34. The predicted molar refractivity (Wildman–Crippen MR) is 71.6 cm³/mol. The lowest BCUT2D eigenvalue weighted by Gasteiger charge is -2.16.